The summed E-state index contributed by atoms with van der Waals surface area (Å²) in [6, 6.07) is 2.81. The van der Waals surface area contributed by atoms with Crippen LogP contribution >= 0.6 is 0 Å². The molecule has 0 saturated heterocycles. The lowest BCUT2D eigenvalue weighted by Gasteiger charge is -2.02. The average Bonchev–Trinajstić information content (AvgIpc) is 2.47. The van der Waals surface area contributed by atoms with E-state index in [9.17, 15) is 9.18 Å². The van der Waals surface area contributed by atoms with Gasteiger partial charge in [0.1, 0.15) is 5.82 Å². The first kappa shape index (κ1) is 8.38. The third-order valence-corrected chi connectivity index (χ3v) is 2.36. The number of carbonyl (C=O) groups excluding carboxylic acids is 1. The molecule has 1 N–H and O–H groups in total. The SMILES string of the molecule is O=C1CCc2cc(CO)c(F)cc21. The predicted molar refractivity (Wildman–Crippen MR) is 45.0 cm³/mol. The van der Waals surface area contributed by atoms with Crippen LogP contribution in [0.5, 0.6) is 0 Å². The molecule has 0 heterocycles. The molecule has 68 valence electrons. The summed E-state index contributed by atoms with van der Waals surface area (Å²) in [6.45, 7) is -0.312. The fourth-order valence-electron chi connectivity index (χ4n) is 1.64. The van der Waals surface area contributed by atoms with Gasteiger partial charge in [0.15, 0.2) is 5.78 Å². The molecular formula is C10H9FO2. The van der Waals surface area contributed by atoms with Gasteiger partial charge in [0.25, 0.3) is 0 Å². The molecule has 0 radical (unpaired) electrons. The minimum absolute atomic E-state index is 0.00149. The van der Waals surface area contributed by atoms with Crippen molar-refractivity contribution in [1.29, 1.82) is 0 Å². The van der Waals surface area contributed by atoms with Crippen LogP contribution in [-0.4, -0.2) is 10.9 Å². The Kier molecular flexibility index (Phi) is 1.88. The van der Waals surface area contributed by atoms with Gasteiger partial charge in [0.05, 0.1) is 6.61 Å². The summed E-state index contributed by atoms with van der Waals surface area (Å²) in [5, 5.41) is 8.79. The Morgan fingerprint density at radius 3 is 2.85 bits per heavy atom. The molecule has 2 rings (SSSR count). The lowest BCUT2D eigenvalue weighted by atomic mass is 10.1. The topological polar surface area (TPSA) is 37.3 Å². The first-order valence-electron chi connectivity index (χ1n) is 4.17. The van der Waals surface area contributed by atoms with Gasteiger partial charge in [-0.1, -0.05) is 0 Å². The standard InChI is InChI=1S/C10H9FO2/c11-9-4-8-6(1-2-10(8)13)3-7(9)5-12/h3-4,12H,1-2,5H2. The first-order chi connectivity index (χ1) is 6.22. The van der Waals surface area contributed by atoms with Crippen molar-refractivity contribution >= 4 is 5.78 Å². The number of aryl methyl sites for hydroxylation is 1. The van der Waals surface area contributed by atoms with Gasteiger partial charge in [-0.2, -0.15) is 0 Å². The molecule has 0 aliphatic heterocycles. The van der Waals surface area contributed by atoms with E-state index in [0.717, 1.165) is 5.56 Å². The van der Waals surface area contributed by atoms with Gasteiger partial charge in [-0.15, -0.1) is 0 Å². The fourth-order valence-corrected chi connectivity index (χ4v) is 1.64. The largest absolute Gasteiger partial charge is 0.392 e. The zero-order valence-corrected chi connectivity index (χ0v) is 7.01. The number of fused-ring (bicyclic) bond motifs is 1. The molecule has 1 aromatic carbocycles. The second-order valence-electron chi connectivity index (χ2n) is 3.18. The molecule has 1 aromatic rings. The molecule has 0 unspecified atom stereocenters. The molecule has 0 spiro atoms. The van der Waals surface area contributed by atoms with Gasteiger partial charge in [-0.05, 0) is 24.1 Å². The number of benzene rings is 1. The zero-order valence-electron chi connectivity index (χ0n) is 7.01. The third-order valence-electron chi connectivity index (χ3n) is 2.36. The van der Waals surface area contributed by atoms with Crippen LogP contribution in [0.2, 0.25) is 0 Å². The van der Waals surface area contributed by atoms with Gasteiger partial charge in [0.2, 0.25) is 0 Å². The Morgan fingerprint density at radius 2 is 2.15 bits per heavy atom. The average molecular weight is 180 g/mol. The number of aliphatic hydroxyl groups is 1. The number of aliphatic hydroxyl groups excluding tert-OH is 1. The summed E-state index contributed by atoms with van der Waals surface area (Å²) in [4.78, 5) is 11.2. The van der Waals surface area contributed by atoms with Crippen LogP contribution in [0, 0.1) is 5.82 Å². The molecule has 0 bridgehead atoms. The number of ketones is 1. The Balaban J connectivity index is 2.56. The molecule has 0 amide bonds. The molecule has 1 aliphatic rings. The van der Waals surface area contributed by atoms with E-state index in [2.05, 4.69) is 0 Å². The highest BCUT2D eigenvalue weighted by molar-refractivity contribution is 6.00. The van der Waals surface area contributed by atoms with E-state index in [-0.39, 0.29) is 18.0 Å². The number of hydrogen-bond donors (Lipinski definition) is 1. The molecule has 3 heteroatoms. The Morgan fingerprint density at radius 1 is 1.38 bits per heavy atom. The van der Waals surface area contributed by atoms with Crippen molar-refractivity contribution in [1.82, 2.24) is 0 Å². The Labute approximate surface area is 75.0 Å². The molecule has 0 atom stereocenters. The van der Waals surface area contributed by atoms with Crippen LogP contribution in [-0.2, 0) is 13.0 Å². The van der Waals surface area contributed by atoms with Crippen molar-refractivity contribution in [3.05, 3.63) is 34.6 Å². The van der Waals surface area contributed by atoms with Crippen molar-refractivity contribution < 1.29 is 14.3 Å². The van der Waals surface area contributed by atoms with E-state index < -0.39 is 5.82 Å². The highest BCUT2D eigenvalue weighted by atomic mass is 19.1. The van der Waals surface area contributed by atoms with Gasteiger partial charge in [-0.25, -0.2) is 4.39 Å². The van der Waals surface area contributed by atoms with Crippen LogP contribution in [0.1, 0.15) is 27.9 Å². The van der Waals surface area contributed by atoms with Crippen molar-refractivity contribution in [3.8, 4) is 0 Å². The van der Waals surface area contributed by atoms with E-state index >= 15 is 0 Å². The van der Waals surface area contributed by atoms with Crippen LogP contribution in [0.15, 0.2) is 12.1 Å². The maximum atomic E-state index is 13.1. The number of rotatable bonds is 1. The molecule has 13 heavy (non-hydrogen) atoms. The smallest absolute Gasteiger partial charge is 0.163 e. The normalized spacial score (nSPS) is 14.8. The van der Waals surface area contributed by atoms with Crippen LogP contribution < -0.4 is 0 Å². The number of Topliss-reactive ketones (excluding diaryl/α,β-unsaturated/α-hetero) is 1. The molecule has 0 saturated carbocycles. The number of hydrogen-bond acceptors (Lipinski definition) is 2. The zero-order chi connectivity index (χ0) is 9.42. The van der Waals surface area contributed by atoms with Crippen molar-refractivity contribution in [2.75, 3.05) is 0 Å². The van der Waals surface area contributed by atoms with E-state index in [4.69, 9.17) is 5.11 Å². The van der Waals surface area contributed by atoms with E-state index in [1.54, 1.807) is 6.07 Å². The van der Waals surface area contributed by atoms with E-state index in [1.807, 2.05) is 0 Å². The molecule has 0 fully saturated rings. The summed E-state index contributed by atoms with van der Waals surface area (Å²) < 4.78 is 13.1. The molecule has 2 nitrogen and oxygen atoms in total. The summed E-state index contributed by atoms with van der Waals surface area (Å²) >= 11 is 0. The second kappa shape index (κ2) is 2.92. The maximum Gasteiger partial charge on any atom is 0.163 e. The summed E-state index contributed by atoms with van der Waals surface area (Å²) in [5.41, 5.74) is 1.61. The Hall–Kier alpha value is -1.22. The minimum Gasteiger partial charge on any atom is -0.392 e. The van der Waals surface area contributed by atoms with Gasteiger partial charge in [-0.3, -0.25) is 4.79 Å². The lowest BCUT2D eigenvalue weighted by Crippen LogP contribution is -1.96. The monoisotopic (exact) mass is 180 g/mol. The third kappa shape index (κ3) is 1.25. The highest BCUT2D eigenvalue weighted by Gasteiger charge is 2.21. The Bertz CT molecular complexity index is 371. The maximum absolute atomic E-state index is 13.1. The van der Waals surface area contributed by atoms with Crippen molar-refractivity contribution in [2.45, 2.75) is 19.4 Å². The van der Waals surface area contributed by atoms with Gasteiger partial charge < -0.3 is 5.11 Å². The molecule has 0 aromatic heterocycles. The quantitative estimate of drug-likeness (QED) is 0.710. The van der Waals surface area contributed by atoms with Crippen LogP contribution in [0.25, 0.3) is 0 Å². The van der Waals surface area contributed by atoms with Crippen LogP contribution in [0.4, 0.5) is 4.39 Å². The van der Waals surface area contributed by atoms with Crippen molar-refractivity contribution in [3.63, 3.8) is 0 Å². The molecule has 1 aliphatic carbocycles. The summed E-state index contributed by atoms with van der Waals surface area (Å²) in [5.74, 6) is -0.491. The first-order valence-corrected chi connectivity index (χ1v) is 4.17. The van der Waals surface area contributed by atoms with Gasteiger partial charge in [0, 0.05) is 17.5 Å². The summed E-state index contributed by atoms with van der Waals surface area (Å²) in [6.07, 6.45) is 1.13. The number of carbonyl (C=O) groups is 1. The highest BCUT2D eigenvalue weighted by Crippen LogP contribution is 2.24. The number of halogens is 1. The lowest BCUT2D eigenvalue weighted by molar-refractivity contribution is 0.0994. The van der Waals surface area contributed by atoms with E-state index in [0.29, 0.717) is 18.4 Å². The second-order valence-corrected chi connectivity index (χ2v) is 3.18. The van der Waals surface area contributed by atoms with E-state index in [1.165, 1.54) is 6.07 Å². The molecular weight excluding hydrogens is 171 g/mol. The fraction of sp³-hybridized carbons (Fsp3) is 0.300. The summed E-state index contributed by atoms with van der Waals surface area (Å²) in [7, 11) is 0. The minimum atomic E-state index is -0.489. The van der Waals surface area contributed by atoms with Crippen molar-refractivity contribution in [2.24, 2.45) is 0 Å². The predicted octanol–water partition coefficient (Wildman–Crippen LogP) is 1.45. The van der Waals surface area contributed by atoms with Gasteiger partial charge >= 0.3 is 0 Å². The van der Waals surface area contributed by atoms with Crippen LogP contribution in [0.3, 0.4) is 0 Å².